The highest BCUT2D eigenvalue weighted by Crippen LogP contribution is 2.37. The lowest BCUT2D eigenvalue weighted by molar-refractivity contribution is -0.758. The Morgan fingerprint density at radius 3 is 2.28 bits per heavy atom. The van der Waals surface area contributed by atoms with E-state index in [1.54, 1.807) is 0 Å². The summed E-state index contributed by atoms with van der Waals surface area (Å²) >= 11 is 0. The molecule has 1 aliphatic rings. The molecule has 0 amide bonds. The SMILES string of the molecule is CCC1(CC)Cc2ccccc2-c2cc(C)c(-c3ccccc3)c[n+]21. The molecule has 126 valence electrons. The van der Waals surface area contributed by atoms with Gasteiger partial charge in [-0.05, 0) is 29.7 Å². The Balaban J connectivity index is 2.01. The van der Waals surface area contributed by atoms with E-state index in [9.17, 15) is 0 Å². The summed E-state index contributed by atoms with van der Waals surface area (Å²) in [7, 11) is 0. The molecule has 0 radical (unpaired) electrons. The van der Waals surface area contributed by atoms with Crippen LogP contribution in [-0.2, 0) is 12.0 Å². The largest absolute Gasteiger partial charge is 0.213 e. The van der Waals surface area contributed by atoms with E-state index in [2.05, 4.69) is 92.2 Å². The van der Waals surface area contributed by atoms with Crippen molar-refractivity contribution in [2.24, 2.45) is 0 Å². The number of hydrogen-bond acceptors (Lipinski definition) is 0. The molecule has 0 fully saturated rings. The molecule has 4 rings (SSSR count). The van der Waals surface area contributed by atoms with Crippen molar-refractivity contribution < 1.29 is 4.57 Å². The lowest BCUT2D eigenvalue weighted by atomic mass is 9.79. The summed E-state index contributed by atoms with van der Waals surface area (Å²) in [6.45, 7) is 6.90. The number of aromatic nitrogens is 1. The van der Waals surface area contributed by atoms with Crippen LogP contribution in [0.5, 0.6) is 0 Å². The van der Waals surface area contributed by atoms with Crippen molar-refractivity contribution in [2.45, 2.75) is 45.6 Å². The zero-order chi connectivity index (χ0) is 17.4. The van der Waals surface area contributed by atoms with Crippen LogP contribution in [0.3, 0.4) is 0 Å². The Bertz CT molecular complexity index is 905. The second-order valence-electron chi connectivity index (χ2n) is 7.26. The summed E-state index contributed by atoms with van der Waals surface area (Å²) in [6, 6.07) is 22.1. The van der Waals surface area contributed by atoms with Crippen molar-refractivity contribution in [3.63, 3.8) is 0 Å². The van der Waals surface area contributed by atoms with E-state index in [0.29, 0.717) is 0 Å². The van der Waals surface area contributed by atoms with Crippen LogP contribution >= 0.6 is 0 Å². The quantitative estimate of drug-likeness (QED) is 0.544. The zero-order valence-electron chi connectivity index (χ0n) is 15.4. The summed E-state index contributed by atoms with van der Waals surface area (Å²) in [5, 5.41) is 0. The van der Waals surface area contributed by atoms with E-state index >= 15 is 0 Å². The predicted octanol–water partition coefficient (Wildman–Crippen LogP) is 5.69. The van der Waals surface area contributed by atoms with Crippen LogP contribution in [0, 0.1) is 6.92 Å². The summed E-state index contributed by atoms with van der Waals surface area (Å²) in [5.74, 6) is 0. The van der Waals surface area contributed by atoms with Crippen molar-refractivity contribution in [1.29, 1.82) is 0 Å². The summed E-state index contributed by atoms with van der Waals surface area (Å²) in [4.78, 5) is 0. The van der Waals surface area contributed by atoms with Gasteiger partial charge in [-0.2, -0.15) is 4.57 Å². The first kappa shape index (κ1) is 16.1. The van der Waals surface area contributed by atoms with E-state index < -0.39 is 0 Å². The molecular weight excluding hydrogens is 302 g/mol. The fourth-order valence-electron chi connectivity index (χ4n) is 4.38. The highest BCUT2D eigenvalue weighted by Gasteiger charge is 2.43. The highest BCUT2D eigenvalue weighted by molar-refractivity contribution is 5.70. The monoisotopic (exact) mass is 328 g/mol. The number of nitrogens with zero attached hydrogens (tertiary/aromatic N) is 1. The number of pyridine rings is 1. The number of fused-ring (bicyclic) bond motifs is 3. The molecule has 2 aromatic carbocycles. The van der Waals surface area contributed by atoms with Gasteiger partial charge in [-0.1, -0.05) is 62.4 Å². The van der Waals surface area contributed by atoms with Crippen molar-refractivity contribution >= 4 is 0 Å². The van der Waals surface area contributed by atoms with E-state index in [4.69, 9.17) is 0 Å². The van der Waals surface area contributed by atoms with Crippen molar-refractivity contribution in [3.8, 4) is 22.4 Å². The number of aryl methyl sites for hydroxylation is 1. The third-order valence-electron chi connectivity index (χ3n) is 6.02. The van der Waals surface area contributed by atoms with Crippen molar-refractivity contribution in [2.75, 3.05) is 0 Å². The Morgan fingerprint density at radius 1 is 0.880 bits per heavy atom. The molecule has 1 aromatic heterocycles. The van der Waals surface area contributed by atoms with Gasteiger partial charge in [0, 0.05) is 36.5 Å². The van der Waals surface area contributed by atoms with Gasteiger partial charge in [0.25, 0.3) is 0 Å². The molecule has 0 aliphatic carbocycles. The van der Waals surface area contributed by atoms with E-state index in [-0.39, 0.29) is 5.54 Å². The van der Waals surface area contributed by atoms with E-state index in [0.717, 1.165) is 19.3 Å². The normalized spacial score (nSPS) is 14.7. The summed E-state index contributed by atoms with van der Waals surface area (Å²) < 4.78 is 2.57. The molecule has 25 heavy (non-hydrogen) atoms. The van der Waals surface area contributed by atoms with Gasteiger partial charge in [-0.15, -0.1) is 0 Å². The molecule has 2 heterocycles. The second-order valence-corrected chi connectivity index (χ2v) is 7.26. The number of benzene rings is 2. The minimum absolute atomic E-state index is 0.168. The van der Waals surface area contributed by atoms with Crippen LogP contribution in [0.4, 0.5) is 0 Å². The van der Waals surface area contributed by atoms with Gasteiger partial charge < -0.3 is 0 Å². The summed E-state index contributed by atoms with van der Waals surface area (Å²) in [5.41, 5.74) is 8.39. The zero-order valence-corrected chi connectivity index (χ0v) is 15.4. The van der Waals surface area contributed by atoms with Crippen LogP contribution in [0.25, 0.3) is 22.4 Å². The molecule has 3 aromatic rings. The average Bonchev–Trinajstić information content (AvgIpc) is 2.67. The maximum absolute atomic E-state index is 2.57. The highest BCUT2D eigenvalue weighted by atomic mass is 15.1. The lowest BCUT2D eigenvalue weighted by Gasteiger charge is -2.33. The maximum Gasteiger partial charge on any atom is 0.213 e. The molecule has 1 aliphatic heterocycles. The minimum atomic E-state index is 0.168. The van der Waals surface area contributed by atoms with Crippen molar-refractivity contribution in [1.82, 2.24) is 0 Å². The lowest BCUT2D eigenvalue weighted by Crippen LogP contribution is -2.60. The summed E-state index contributed by atoms with van der Waals surface area (Å²) in [6.07, 6.45) is 5.81. The van der Waals surface area contributed by atoms with Crippen LogP contribution in [0.1, 0.15) is 37.8 Å². The third-order valence-corrected chi connectivity index (χ3v) is 6.02. The second kappa shape index (κ2) is 6.15. The smallest absolute Gasteiger partial charge is 0.192 e. The molecule has 0 saturated carbocycles. The Morgan fingerprint density at radius 2 is 1.56 bits per heavy atom. The van der Waals surface area contributed by atoms with Crippen molar-refractivity contribution in [3.05, 3.63) is 78.0 Å². The first-order chi connectivity index (χ1) is 12.2. The topological polar surface area (TPSA) is 3.88 Å². The molecule has 0 unspecified atom stereocenters. The standard InChI is InChI=1S/C24H26N/c1-4-24(5-2)16-20-13-9-10-14-21(20)23-15-18(3)22(17-25(23)24)19-11-7-6-8-12-19/h6-15,17H,4-5,16H2,1-3H3/q+1. The van der Waals surface area contributed by atoms with Crippen LogP contribution in [0.15, 0.2) is 66.9 Å². The number of rotatable bonds is 3. The fourth-order valence-corrected chi connectivity index (χ4v) is 4.38. The van der Waals surface area contributed by atoms with Crippen LogP contribution in [-0.4, -0.2) is 0 Å². The minimum Gasteiger partial charge on any atom is -0.192 e. The van der Waals surface area contributed by atoms with Gasteiger partial charge in [0.15, 0.2) is 11.7 Å². The first-order valence-electron chi connectivity index (χ1n) is 9.39. The predicted molar refractivity (Wildman–Crippen MR) is 105 cm³/mol. The number of hydrogen-bond donors (Lipinski definition) is 0. The fraction of sp³-hybridized carbons (Fsp3) is 0.292. The van der Waals surface area contributed by atoms with Gasteiger partial charge in [0.05, 0.1) is 0 Å². The molecule has 0 atom stereocenters. The molecule has 0 bridgehead atoms. The average molecular weight is 328 g/mol. The van der Waals surface area contributed by atoms with Crippen LogP contribution in [0.2, 0.25) is 0 Å². The third kappa shape index (κ3) is 2.50. The van der Waals surface area contributed by atoms with Gasteiger partial charge in [0.2, 0.25) is 5.69 Å². The first-order valence-corrected chi connectivity index (χ1v) is 9.39. The van der Waals surface area contributed by atoms with Gasteiger partial charge in [-0.3, -0.25) is 0 Å². The van der Waals surface area contributed by atoms with Gasteiger partial charge in [-0.25, -0.2) is 0 Å². The molecule has 1 nitrogen and oxygen atoms in total. The molecule has 0 N–H and O–H groups in total. The van der Waals surface area contributed by atoms with E-state index in [1.807, 2.05) is 0 Å². The van der Waals surface area contributed by atoms with Gasteiger partial charge >= 0.3 is 0 Å². The van der Waals surface area contributed by atoms with Crippen LogP contribution < -0.4 is 4.57 Å². The molecular formula is C24H26N+. The maximum atomic E-state index is 2.57. The molecule has 0 spiro atoms. The van der Waals surface area contributed by atoms with E-state index in [1.165, 1.54) is 33.5 Å². The van der Waals surface area contributed by atoms with Gasteiger partial charge in [0.1, 0.15) is 0 Å². The Labute approximate surface area is 151 Å². The molecule has 1 heteroatoms. The molecule has 0 saturated heterocycles. The Kier molecular flexibility index (Phi) is 3.95. The Hall–Kier alpha value is -2.41.